The molecule has 1 aliphatic heterocycles. The Morgan fingerprint density at radius 1 is 1.10 bits per heavy atom. The average molecular weight is 414 g/mol. The summed E-state index contributed by atoms with van der Waals surface area (Å²) in [6, 6.07) is 0. The number of carbonyl (C=O) groups excluding carboxylic acids is 1. The topological polar surface area (TPSA) is 60.8 Å². The summed E-state index contributed by atoms with van der Waals surface area (Å²) in [7, 11) is 0. The molecule has 2 N–H and O–H groups in total. The van der Waals surface area contributed by atoms with Gasteiger partial charge in [0.2, 0.25) is 0 Å². The van der Waals surface area contributed by atoms with Crippen LogP contribution in [0.4, 0.5) is 0 Å². The van der Waals surface area contributed by atoms with Crippen molar-refractivity contribution >= 4 is 5.78 Å². The van der Waals surface area contributed by atoms with Gasteiger partial charge in [-0.2, -0.15) is 0 Å². The summed E-state index contributed by atoms with van der Waals surface area (Å²) in [5.41, 5.74) is 0.0863. The van der Waals surface area contributed by atoms with Gasteiger partial charge >= 0.3 is 0 Å². The molecule has 4 heteroatoms. The molecule has 0 aromatic carbocycles. The number of hydrogen-bond acceptors (Lipinski definition) is 4. The van der Waals surface area contributed by atoms with E-state index in [1.54, 1.807) is 6.92 Å². The Balaban J connectivity index is 1.53. The third kappa shape index (κ3) is 2.33. The van der Waals surface area contributed by atoms with Crippen molar-refractivity contribution in [3.63, 3.8) is 0 Å². The lowest BCUT2D eigenvalue weighted by Gasteiger charge is -2.62. The van der Waals surface area contributed by atoms with Crippen LogP contribution in [0, 0.1) is 28.6 Å². The normalized spacial score (nSPS) is 50.3. The molecule has 0 aromatic heterocycles. The molecule has 2 saturated carbocycles. The zero-order chi connectivity index (χ0) is 21.5. The highest BCUT2D eigenvalue weighted by molar-refractivity contribution is 5.86. The van der Waals surface area contributed by atoms with Crippen LogP contribution in [0.2, 0.25) is 0 Å². The van der Waals surface area contributed by atoms with Crippen LogP contribution in [0.25, 0.3) is 0 Å². The third-order valence-electron chi connectivity index (χ3n) is 10.6. The van der Waals surface area contributed by atoms with E-state index in [4.69, 9.17) is 0 Å². The van der Waals surface area contributed by atoms with Crippen LogP contribution in [0.5, 0.6) is 0 Å². The first-order valence-corrected chi connectivity index (χ1v) is 12.2. The fourth-order valence-electron chi connectivity index (χ4n) is 8.59. The fourth-order valence-corrected chi connectivity index (χ4v) is 8.59. The summed E-state index contributed by atoms with van der Waals surface area (Å²) < 4.78 is 0. The third-order valence-corrected chi connectivity index (χ3v) is 10.6. The number of aliphatic hydroxyl groups is 2. The molecule has 0 aromatic rings. The van der Waals surface area contributed by atoms with Crippen LogP contribution < -0.4 is 0 Å². The van der Waals surface area contributed by atoms with Crippen LogP contribution in [0.3, 0.4) is 0 Å². The summed E-state index contributed by atoms with van der Waals surface area (Å²) in [5, 5.41) is 23.9. The van der Waals surface area contributed by atoms with Crippen LogP contribution in [0.1, 0.15) is 79.1 Å². The number of rotatable bonds is 2. The molecule has 4 nitrogen and oxygen atoms in total. The maximum absolute atomic E-state index is 12.6. The van der Waals surface area contributed by atoms with Gasteiger partial charge in [-0.1, -0.05) is 26.8 Å². The molecule has 4 aliphatic carbocycles. The standard InChI is InChI=1S/C26H39NO3/c1-17-15-22-21-8-7-19-16-20(27-13-5-6-14-27)9-10-23(19,3)25(21,29)12-11-24(22,4)26(17,30)18(2)28/h7,16-17,21-22,29-30H,5-6,8-15H2,1-4H3/t17?,21-,22-,23-,24-,25+,26-/m0/s1. The van der Waals surface area contributed by atoms with E-state index < -0.39 is 16.6 Å². The lowest BCUT2D eigenvalue weighted by molar-refractivity contribution is -0.204. The van der Waals surface area contributed by atoms with E-state index >= 15 is 0 Å². The lowest BCUT2D eigenvalue weighted by Crippen LogP contribution is -2.65. The van der Waals surface area contributed by atoms with E-state index in [-0.39, 0.29) is 29.0 Å². The van der Waals surface area contributed by atoms with Crippen LogP contribution >= 0.6 is 0 Å². The Labute approximate surface area is 181 Å². The van der Waals surface area contributed by atoms with Crippen molar-refractivity contribution in [2.75, 3.05) is 13.1 Å². The molecule has 3 fully saturated rings. The summed E-state index contributed by atoms with van der Waals surface area (Å²) in [5.74, 6) is 0.138. The number of ketones is 1. The van der Waals surface area contributed by atoms with E-state index in [1.165, 1.54) is 37.2 Å². The highest BCUT2D eigenvalue weighted by Crippen LogP contribution is 2.69. The lowest BCUT2D eigenvalue weighted by atomic mass is 9.45. The molecule has 1 unspecified atom stereocenters. The van der Waals surface area contributed by atoms with Gasteiger partial charge in [-0.05, 0) is 87.7 Å². The zero-order valence-electron chi connectivity index (χ0n) is 19.2. The van der Waals surface area contributed by atoms with Gasteiger partial charge in [-0.3, -0.25) is 4.79 Å². The summed E-state index contributed by atoms with van der Waals surface area (Å²) in [6.45, 7) is 10.3. The molecule has 0 spiro atoms. The summed E-state index contributed by atoms with van der Waals surface area (Å²) >= 11 is 0. The molecule has 30 heavy (non-hydrogen) atoms. The summed E-state index contributed by atoms with van der Waals surface area (Å²) in [6.07, 6.45) is 12.5. The van der Waals surface area contributed by atoms with E-state index in [0.29, 0.717) is 6.42 Å². The molecule has 5 aliphatic rings. The Morgan fingerprint density at radius 3 is 2.47 bits per heavy atom. The molecule has 7 atom stereocenters. The number of hydrogen-bond donors (Lipinski definition) is 2. The van der Waals surface area contributed by atoms with Gasteiger partial charge in [-0.25, -0.2) is 0 Å². The first-order valence-electron chi connectivity index (χ1n) is 12.2. The van der Waals surface area contributed by atoms with Crippen molar-refractivity contribution in [1.29, 1.82) is 0 Å². The molecule has 5 rings (SSSR count). The first kappa shape index (κ1) is 20.8. The molecule has 166 valence electrons. The maximum Gasteiger partial charge on any atom is 0.162 e. The molecular formula is C26H39NO3. The number of fused-ring (bicyclic) bond motifs is 5. The van der Waals surface area contributed by atoms with Crippen molar-refractivity contribution < 1.29 is 15.0 Å². The highest BCUT2D eigenvalue weighted by atomic mass is 16.3. The van der Waals surface area contributed by atoms with Crippen LogP contribution in [-0.2, 0) is 4.79 Å². The van der Waals surface area contributed by atoms with Gasteiger partial charge in [0.25, 0.3) is 0 Å². The van der Waals surface area contributed by atoms with E-state index in [2.05, 4.69) is 30.9 Å². The maximum atomic E-state index is 12.6. The minimum atomic E-state index is -1.26. The van der Waals surface area contributed by atoms with Gasteiger partial charge in [-0.15, -0.1) is 0 Å². The number of likely N-dealkylation sites (tertiary alicyclic amines) is 1. The van der Waals surface area contributed by atoms with Gasteiger partial charge in [0.15, 0.2) is 5.78 Å². The average Bonchev–Trinajstić information content (AvgIpc) is 3.30. The predicted molar refractivity (Wildman–Crippen MR) is 118 cm³/mol. The van der Waals surface area contributed by atoms with Crippen molar-refractivity contribution in [3.8, 4) is 0 Å². The number of carbonyl (C=O) groups is 1. The molecule has 1 heterocycles. The first-order chi connectivity index (χ1) is 14.1. The number of nitrogens with zero attached hydrogens (tertiary/aromatic N) is 1. The minimum absolute atomic E-state index is 0.0569. The Bertz CT molecular complexity index is 826. The smallest absolute Gasteiger partial charge is 0.162 e. The monoisotopic (exact) mass is 413 g/mol. The van der Waals surface area contributed by atoms with Crippen molar-refractivity contribution in [1.82, 2.24) is 4.90 Å². The predicted octanol–water partition coefficient (Wildman–Crippen LogP) is 4.22. The molecule has 0 radical (unpaired) electrons. The van der Waals surface area contributed by atoms with E-state index in [1.807, 2.05) is 6.92 Å². The molecule has 1 saturated heterocycles. The van der Waals surface area contributed by atoms with Gasteiger partial charge in [0.05, 0.1) is 5.60 Å². The Kier molecular flexibility index (Phi) is 4.46. The molecule has 0 amide bonds. The second kappa shape index (κ2) is 6.45. The largest absolute Gasteiger partial charge is 0.389 e. The van der Waals surface area contributed by atoms with Crippen molar-refractivity contribution in [3.05, 3.63) is 23.4 Å². The number of allylic oxidation sites excluding steroid dienone is 3. The van der Waals surface area contributed by atoms with Gasteiger partial charge in [0, 0.05) is 29.6 Å². The summed E-state index contributed by atoms with van der Waals surface area (Å²) in [4.78, 5) is 15.1. The molecular weight excluding hydrogens is 374 g/mol. The van der Waals surface area contributed by atoms with E-state index in [9.17, 15) is 15.0 Å². The van der Waals surface area contributed by atoms with E-state index in [0.717, 1.165) is 32.1 Å². The van der Waals surface area contributed by atoms with Crippen LogP contribution in [0.15, 0.2) is 23.4 Å². The number of Topliss-reactive ketones (excluding diaryl/α,β-unsaturated/α-hetero) is 1. The highest BCUT2D eigenvalue weighted by Gasteiger charge is 2.71. The SMILES string of the molecule is CC(=O)[C@@]1(O)C(C)C[C@H]2[C@@H]3CC=C4C=C(N5CCCC5)CC[C@]4(C)[C@@]3(O)CC[C@@]21C. The van der Waals surface area contributed by atoms with Crippen molar-refractivity contribution in [2.24, 2.45) is 28.6 Å². The minimum Gasteiger partial charge on any atom is -0.389 e. The fraction of sp³-hybridized carbons (Fsp3) is 0.808. The Hall–Kier alpha value is -1.13. The second-order valence-corrected chi connectivity index (χ2v) is 11.6. The molecule has 0 bridgehead atoms. The van der Waals surface area contributed by atoms with Gasteiger partial charge < -0.3 is 15.1 Å². The van der Waals surface area contributed by atoms with Crippen LogP contribution in [-0.4, -0.2) is 45.2 Å². The Morgan fingerprint density at radius 2 is 1.80 bits per heavy atom. The van der Waals surface area contributed by atoms with Gasteiger partial charge in [0.1, 0.15) is 5.60 Å². The van der Waals surface area contributed by atoms with Crippen molar-refractivity contribution in [2.45, 2.75) is 90.3 Å². The quantitative estimate of drug-likeness (QED) is 0.712. The zero-order valence-corrected chi connectivity index (χ0v) is 19.2. The second-order valence-electron chi connectivity index (χ2n) is 11.6.